The summed E-state index contributed by atoms with van der Waals surface area (Å²) >= 11 is 0. The summed E-state index contributed by atoms with van der Waals surface area (Å²) in [6.07, 6.45) is 1.45. The zero-order valence-electron chi connectivity index (χ0n) is 15.3. The van der Waals surface area contributed by atoms with Crippen LogP contribution < -0.4 is 14.8 Å². The third-order valence-corrected chi connectivity index (χ3v) is 3.94. The number of amides is 1. The number of benzene rings is 2. The highest BCUT2D eigenvalue weighted by Gasteiger charge is 2.19. The van der Waals surface area contributed by atoms with Crippen LogP contribution in [0.25, 0.3) is 0 Å². The van der Waals surface area contributed by atoms with Gasteiger partial charge in [0.2, 0.25) is 0 Å². The fraction of sp³-hybridized carbons (Fsp3) is 0.381. The summed E-state index contributed by atoms with van der Waals surface area (Å²) < 4.78 is 24.6. The maximum Gasteiger partial charge on any atom is 0.261 e. The molecule has 140 valence electrons. The van der Waals surface area contributed by atoms with Gasteiger partial charge in [-0.15, -0.1) is 0 Å². The number of halogens is 1. The first kappa shape index (κ1) is 19.8. The van der Waals surface area contributed by atoms with E-state index < -0.39 is 11.9 Å². The summed E-state index contributed by atoms with van der Waals surface area (Å²) in [5.41, 5.74) is 1.19. The lowest BCUT2D eigenvalue weighted by Gasteiger charge is -2.17. The number of rotatable bonds is 10. The Bertz CT molecular complexity index is 688. The van der Waals surface area contributed by atoms with E-state index in [1.165, 1.54) is 17.7 Å². The van der Waals surface area contributed by atoms with Crippen LogP contribution in [0.15, 0.2) is 48.5 Å². The monoisotopic (exact) mass is 359 g/mol. The van der Waals surface area contributed by atoms with Gasteiger partial charge in [0.25, 0.3) is 5.91 Å². The molecule has 0 fully saturated rings. The summed E-state index contributed by atoms with van der Waals surface area (Å²) in [4.78, 5) is 12.2. The van der Waals surface area contributed by atoms with Crippen LogP contribution >= 0.6 is 0 Å². The molecule has 0 heterocycles. The first-order chi connectivity index (χ1) is 12.6. The summed E-state index contributed by atoms with van der Waals surface area (Å²) in [5, 5.41) is 2.86. The van der Waals surface area contributed by atoms with Crippen molar-refractivity contribution in [2.45, 2.75) is 39.2 Å². The number of para-hydroxylation sites is 1. The number of carbonyl (C=O) groups excluding carboxylic acids is 1. The normalized spacial score (nSPS) is 11.7. The number of nitrogens with one attached hydrogen (secondary N) is 1. The molecule has 2 aromatic rings. The van der Waals surface area contributed by atoms with Crippen LogP contribution in [0.2, 0.25) is 0 Å². The number of aryl methyl sites for hydroxylation is 1. The Morgan fingerprint density at radius 2 is 1.85 bits per heavy atom. The molecule has 1 N–H and O–H groups in total. The highest BCUT2D eigenvalue weighted by Crippen LogP contribution is 2.18. The number of ether oxygens (including phenoxy) is 2. The second-order valence-electron chi connectivity index (χ2n) is 5.92. The molecule has 0 saturated heterocycles. The van der Waals surface area contributed by atoms with E-state index in [-0.39, 0.29) is 11.7 Å². The molecule has 2 rings (SSSR count). The number of carbonyl (C=O) groups is 1. The molecule has 0 spiro atoms. The largest absolute Gasteiger partial charge is 0.494 e. The second kappa shape index (κ2) is 10.4. The Morgan fingerprint density at radius 1 is 1.12 bits per heavy atom. The van der Waals surface area contributed by atoms with E-state index in [9.17, 15) is 9.18 Å². The van der Waals surface area contributed by atoms with Gasteiger partial charge in [0.05, 0.1) is 6.61 Å². The average Bonchev–Trinajstić information content (AvgIpc) is 2.66. The molecule has 1 atom stereocenters. The topological polar surface area (TPSA) is 47.6 Å². The maximum absolute atomic E-state index is 13.7. The molecule has 0 aliphatic rings. The maximum atomic E-state index is 13.7. The predicted octanol–water partition coefficient (Wildman–Crippen LogP) is 4.13. The first-order valence-electron chi connectivity index (χ1n) is 9.04. The van der Waals surface area contributed by atoms with Crippen molar-refractivity contribution in [2.24, 2.45) is 0 Å². The van der Waals surface area contributed by atoms with Gasteiger partial charge in [-0.25, -0.2) is 4.39 Å². The Hall–Kier alpha value is -2.56. The number of hydrogen-bond donors (Lipinski definition) is 1. The van der Waals surface area contributed by atoms with E-state index >= 15 is 0 Å². The van der Waals surface area contributed by atoms with Crippen LogP contribution in [-0.4, -0.2) is 25.2 Å². The van der Waals surface area contributed by atoms with Gasteiger partial charge in [-0.3, -0.25) is 4.79 Å². The van der Waals surface area contributed by atoms with Gasteiger partial charge in [-0.05, 0) is 56.0 Å². The summed E-state index contributed by atoms with van der Waals surface area (Å²) in [5.74, 6) is 0.279. The van der Waals surface area contributed by atoms with Crippen LogP contribution in [0.5, 0.6) is 11.5 Å². The van der Waals surface area contributed by atoms with Crippen molar-refractivity contribution in [3.8, 4) is 11.5 Å². The van der Waals surface area contributed by atoms with Gasteiger partial charge in [0, 0.05) is 6.54 Å². The molecule has 0 radical (unpaired) electrons. The van der Waals surface area contributed by atoms with Crippen LogP contribution in [-0.2, 0) is 11.2 Å². The lowest BCUT2D eigenvalue weighted by atomic mass is 10.1. The molecular formula is C21H26FNO3. The summed E-state index contributed by atoms with van der Waals surface area (Å²) in [6, 6.07) is 14.1. The zero-order valence-corrected chi connectivity index (χ0v) is 15.3. The Morgan fingerprint density at radius 3 is 2.50 bits per heavy atom. The van der Waals surface area contributed by atoms with Gasteiger partial charge >= 0.3 is 0 Å². The van der Waals surface area contributed by atoms with Crippen molar-refractivity contribution >= 4 is 5.91 Å². The summed E-state index contributed by atoms with van der Waals surface area (Å²) in [6.45, 7) is 4.99. The predicted molar refractivity (Wildman–Crippen MR) is 100 cm³/mol. The lowest BCUT2D eigenvalue weighted by Crippen LogP contribution is -2.38. The minimum absolute atomic E-state index is 0.101. The van der Waals surface area contributed by atoms with Gasteiger partial charge in [0.15, 0.2) is 17.7 Å². The van der Waals surface area contributed by atoms with Crippen molar-refractivity contribution in [1.29, 1.82) is 0 Å². The molecule has 2 aromatic carbocycles. The van der Waals surface area contributed by atoms with E-state index in [1.807, 2.05) is 38.1 Å². The number of hydrogen-bond acceptors (Lipinski definition) is 3. The second-order valence-corrected chi connectivity index (χ2v) is 5.92. The Balaban J connectivity index is 1.75. The molecule has 4 nitrogen and oxygen atoms in total. The fourth-order valence-corrected chi connectivity index (χ4v) is 2.55. The third kappa shape index (κ3) is 6.06. The third-order valence-electron chi connectivity index (χ3n) is 3.94. The first-order valence-corrected chi connectivity index (χ1v) is 9.04. The van der Waals surface area contributed by atoms with Crippen LogP contribution in [0.4, 0.5) is 4.39 Å². The standard InChI is InChI=1S/C21H26FNO3/c1-3-19(26-20-10-6-5-9-18(20)22)21(24)23-15-7-8-16-11-13-17(14-12-16)25-4-2/h5-6,9-14,19H,3-4,7-8,15H2,1-2H3,(H,23,24). The molecular weight excluding hydrogens is 333 g/mol. The summed E-state index contributed by atoms with van der Waals surface area (Å²) in [7, 11) is 0. The molecule has 26 heavy (non-hydrogen) atoms. The van der Waals surface area contributed by atoms with E-state index in [1.54, 1.807) is 12.1 Å². The smallest absolute Gasteiger partial charge is 0.261 e. The molecule has 0 bridgehead atoms. The van der Waals surface area contributed by atoms with Gasteiger partial charge in [-0.2, -0.15) is 0 Å². The van der Waals surface area contributed by atoms with Crippen molar-refractivity contribution in [2.75, 3.05) is 13.2 Å². The molecule has 0 aliphatic carbocycles. The van der Waals surface area contributed by atoms with E-state index in [2.05, 4.69) is 5.32 Å². The minimum atomic E-state index is -0.697. The molecule has 0 aliphatic heterocycles. The van der Waals surface area contributed by atoms with Gasteiger partial charge in [-0.1, -0.05) is 31.2 Å². The molecule has 1 amide bonds. The van der Waals surface area contributed by atoms with E-state index in [4.69, 9.17) is 9.47 Å². The highest BCUT2D eigenvalue weighted by atomic mass is 19.1. The molecule has 1 unspecified atom stereocenters. The van der Waals surface area contributed by atoms with Crippen molar-refractivity contribution < 1.29 is 18.7 Å². The van der Waals surface area contributed by atoms with Crippen molar-refractivity contribution in [3.63, 3.8) is 0 Å². The highest BCUT2D eigenvalue weighted by molar-refractivity contribution is 5.81. The zero-order chi connectivity index (χ0) is 18.8. The van der Waals surface area contributed by atoms with Crippen molar-refractivity contribution in [3.05, 3.63) is 59.9 Å². The quantitative estimate of drug-likeness (QED) is 0.649. The minimum Gasteiger partial charge on any atom is -0.494 e. The lowest BCUT2D eigenvalue weighted by molar-refractivity contribution is -0.128. The average molecular weight is 359 g/mol. The van der Waals surface area contributed by atoms with Crippen LogP contribution in [0.3, 0.4) is 0 Å². The Labute approximate surface area is 154 Å². The molecule has 0 saturated carbocycles. The Kier molecular flexibility index (Phi) is 7.93. The van der Waals surface area contributed by atoms with Crippen molar-refractivity contribution in [1.82, 2.24) is 5.32 Å². The molecule has 5 heteroatoms. The van der Waals surface area contributed by atoms with E-state index in [0.717, 1.165) is 18.6 Å². The van der Waals surface area contributed by atoms with Gasteiger partial charge < -0.3 is 14.8 Å². The SMILES string of the molecule is CCOc1ccc(CCCNC(=O)C(CC)Oc2ccccc2F)cc1. The van der Waals surface area contributed by atoms with E-state index in [0.29, 0.717) is 19.6 Å². The fourth-order valence-electron chi connectivity index (χ4n) is 2.55. The molecule has 0 aromatic heterocycles. The van der Waals surface area contributed by atoms with Crippen LogP contribution in [0.1, 0.15) is 32.3 Å². The van der Waals surface area contributed by atoms with Gasteiger partial charge in [0.1, 0.15) is 5.75 Å². The van der Waals surface area contributed by atoms with Crippen LogP contribution in [0, 0.1) is 5.82 Å².